The number of aromatic amines is 1. The molecule has 0 saturated carbocycles. The van der Waals surface area contributed by atoms with Crippen LogP contribution in [0.25, 0.3) is 0 Å². The molecule has 0 atom stereocenters. The standard InChI is InChI=1S/C10H10N4O3S/c15-7(12-9-11-3-6-18-9)1-4-14-5-2-8(16)13-10(14)17/h2-3,5-6H,1,4H2,(H,11,12,15)(H,13,16,17). The van der Waals surface area contributed by atoms with Gasteiger partial charge in [0.1, 0.15) is 0 Å². The second-order valence-corrected chi connectivity index (χ2v) is 4.33. The normalized spacial score (nSPS) is 10.2. The van der Waals surface area contributed by atoms with Gasteiger partial charge in [-0.15, -0.1) is 11.3 Å². The summed E-state index contributed by atoms with van der Waals surface area (Å²) in [6, 6.07) is 1.24. The third kappa shape index (κ3) is 3.14. The van der Waals surface area contributed by atoms with Crippen molar-refractivity contribution < 1.29 is 4.79 Å². The van der Waals surface area contributed by atoms with Crippen LogP contribution in [-0.2, 0) is 11.3 Å². The van der Waals surface area contributed by atoms with Crippen molar-refractivity contribution >= 4 is 22.4 Å². The average Bonchev–Trinajstić information content (AvgIpc) is 2.80. The summed E-state index contributed by atoms with van der Waals surface area (Å²) >= 11 is 1.32. The average molecular weight is 266 g/mol. The first-order chi connectivity index (χ1) is 8.65. The molecular formula is C10H10N4O3S. The molecule has 0 aliphatic heterocycles. The van der Waals surface area contributed by atoms with Crippen molar-refractivity contribution in [2.24, 2.45) is 0 Å². The van der Waals surface area contributed by atoms with E-state index in [1.54, 1.807) is 11.6 Å². The molecule has 0 aromatic carbocycles. The number of H-pyrrole nitrogens is 1. The highest BCUT2D eigenvalue weighted by Crippen LogP contribution is 2.10. The fraction of sp³-hybridized carbons (Fsp3) is 0.200. The summed E-state index contributed by atoms with van der Waals surface area (Å²) in [5.41, 5.74) is -0.979. The van der Waals surface area contributed by atoms with Gasteiger partial charge in [0.25, 0.3) is 5.56 Å². The van der Waals surface area contributed by atoms with E-state index in [0.29, 0.717) is 5.13 Å². The number of aromatic nitrogens is 3. The Morgan fingerprint density at radius 1 is 1.50 bits per heavy atom. The van der Waals surface area contributed by atoms with E-state index >= 15 is 0 Å². The highest BCUT2D eigenvalue weighted by atomic mass is 32.1. The van der Waals surface area contributed by atoms with E-state index in [4.69, 9.17) is 0 Å². The van der Waals surface area contributed by atoms with Crippen LogP contribution in [0.15, 0.2) is 33.4 Å². The smallest absolute Gasteiger partial charge is 0.302 e. The van der Waals surface area contributed by atoms with Crippen LogP contribution in [0.1, 0.15) is 6.42 Å². The summed E-state index contributed by atoms with van der Waals surface area (Å²) in [7, 11) is 0. The minimum Gasteiger partial charge on any atom is -0.302 e. The fourth-order valence-corrected chi connectivity index (χ4v) is 1.85. The van der Waals surface area contributed by atoms with Gasteiger partial charge in [0.2, 0.25) is 5.91 Å². The number of anilines is 1. The van der Waals surface area contributed by atoms with E-state index < -0.39 is 11.2 Å². The second-order valence-electron chi connectivity index (χ2n) is 3.44. The van der Waals surface area contributed by atoms with Crippen molar-refractivity contribution in [1.82, 2.24) is 14.5 Å². The molecule has 0 aliphatic carbocycles. The number of hydrogen-bond acceptors (Lipinski definition) is 5. The van der Waals surface area contributed by atoms with Crippen LogP contribution in [0.4, 0.5) is 5.13 Å². The predicted molar refractivity (Wildman–Crippen MR) is 66.7 cm³/mol. The molecule has 0 aliphatic rings. The van der Waals surface area contributed by atoms with Crippen LogP contribution >= 0.6 is 11.3 Å². The van der Waals surface area contributed by atoms with Gasteiger partial charge in [-0.25, -0.2) is 9.78 Å². The summed E-state index contributed by atoms with van der Waals surface area (Å²) in [5.74, 6) is -0.233. The van der Waals surface area contributed by atoms with E-state index in [1.165, 1.54) is 28.2 Å². The number of nitrogens with one attached hydrogen (secondary N) is 2. The molecule has 2 aromatic heterocycles. The maximum atomic E-state index is 11.5. The van der Waals surface area contributed by atoms with E-state index in [0.717, 1.165) is 0 Å². The largest absolute Gasteiger partial charge is 0.328 e. The Hall–Kier alpha value is -2.22. The Kier molecular flexibility index (Phi) is 3.68. The van der Waals surface area contributed by atoms with Crippen LogP contribution < -0.4 is 16.6 Å². The monoisotopic (exact) mass is 266 g/mol. The van der Waals surface area contributed by atoms with Gasteiger partial charge < -0.3 is 9.88 Å². The number of nitrogens with zero attached hydrogens (tertiary/aromatic N) is 2. The molecule has 0 unspecified atom stereocenters. The lowest BCUT2D eigenvalue weighted by atomic mass is 10.4. The molecule has 0 saturated heterocycles. The zero-order chi connectivity index (χ0) is 13.0. The third-order valence-corrected chi connectivity index (χ3v) is 2.84. The number of aryl methyl sites for hydroxylation is 1. The Balaban J connectivity index is 1.93. The quantitative estimate of drug-likeness (QED) is 0.815. The first kappa shape index (κ1) is 12.2. The summed E-state index contributed by atoms with van der Waals surface area (Å²) in [4.78, 5) is 39.7. The van der Waals surface area contributed by atoms with Crippen LogP contribution in [0, 0.1) is 0 Å². The molecule has 18 heavy (non-hydrogen) atoms. The van der Waals surface area contributed by atoms with E-state index in [9.17, 15) is 14.4 Å². The second kappa shape index (κ2) is 5.41. The molecule has 94 valence electrons. The number of carbonyl (C=O) groups excluding carboxylic acids is 1. The van der Waals surface area contributed by atoms with Gasteiger partial charge in [-0.05, 0) is 0 Å². The number of rotatable bonds is 4. The fourth-order valence-electron chi connectivity index (χ4n) is 1.31. The van der Waals surface area contributed by atoms with Crippen molar-refractivity contribution in [1.29, 1.82) is 0 Å². The first-order valence-corrected chi connectivity index (χ1v) is 6.02. The zero-order valence-corrected chi connectivity index (χ0v) is 10.1. The summed E-state index contributed by atoms with van der Waals surface area (Å²) in [5, 5.41) is 4.88. The van der Waals surface area contributed by atoms with Crippen molar-refractivity contribution in [3.05, 3.63) is 44.7 Å². The van der Waals surface area contributed by atoms with Crippen LogP contribution in [0.5, 0.6) is 0 Å². The molecule has 1 amide bonds. The van der Waals surface area contributed by atoms with Gasteiger partial charge in [-0.1, -0.05) is 0 Å². The molecular weight excluding hydrogens is 256 g/mol. The predicted octanol–water partition coefficient (Wildman–Crippen LogP) is 0.0219. The molecule has 2 rings (SSSR count). The van der Waals surface area contributed by atoms with E-state index in [1.807, 2.05) is 0 Å². The topological polar surface area (TPSA) is 96.9 Å². The molecule has 2 heterocycles. The van der Waals surface area contributed by atoms with Gasteiger partial charge >= 0.3 is 5.69 Å². The summed E-state index contributed by atoms with van der Waals surface area (Å²) in [6.07, 6.45) is 3.08. The maximum absolute atomic E-state index is 11.5. The molecule has 0 radical (unpaired) electrons. The molecule has 0 bridgehead atoms. The van der Waals surface area contributed by atoms with E-state index in [-0.39, 0.29) is 18.9 Å². The lowest BCUT2D eigenvalue weighted by Crippen LogP contribution is -2.29. The molecule has 2 N–H and O–H groups in total. The Morgan fingerprint density at radius 3 is 3.00 bits per heavy atom. The van der Waals surface area contributed by atoms with Gasteiger partial charge in [-0.2, -0.15) is 0 Å². The zero-order valence-electron chi connectivity index (χ0n) is 9.25. The van der Waals surface area contributed by atoms with Crippen molar-refractivity contribution in [2.75, 3.05) is 5.32 Å². The first-order valence-electron chi connectivity index (χ1n) is 5.14. The van der Waals surface area contributed by atoms with E-state index in [2.05, 4.69) is 15.3 Å². The van der Waals surface area contributed by atoms with Crippen molar-refractivity contribution in [2.45, 2.75) is 13.0 Å². The summed E-state index contributed by atoms with van der Waals surface area (Å²) in [6.45, 7) is 0.201. The lowest BCUT2D eigenvalue weighted by molar-refractivity contribution is -0.116. The Bertz CT molecular complexity index is 644. The van der Waals surface area contributed by atoms with Gasteiger partial charge in [0.15, 0.2) is 5.13 Å². The third-order valence-electron chi connectivity index (χ3n) is 2.16. The molecule has 7 nitrogen and oxygen atoms in total. The molecule has 2 aromatic rings. The SMILES string of the molecule is O=C(CCn1ccc(=O)[nH]c1=O)Nc1nccs1. The van der Waals surface area contributed by atoms with Crippen LogP contribution in [0.2, 0.25) is 0 Å². The Labute approximate surface area is 105 Å². The highest BCUT2D eigenvalue weighted by Gasteiger charge is 2.05. The minimum atomic E-state index is -0.524. The Morgan fingerprint density at radius 2 is 2.33 bits per heavy atom. The number of carbonyl (C=O) groups is 1. The van der Waals surface area contributed by atoms with Gasteiger partial charge in [0, 0.05) is 36.8 Å². The van der Waals surface area contributed by atoms with Gasteiger partial charge in [-0.3, -0.25) is 14.6 Å². The number of thiazole rings is 1. The molecule has 0 spiro atoms. The molecule has 8 heteroatoms. The highest BCUT2D eigenvalue weighted by molar-refractivity contribution is 7.13. The number of hydrogen-bond donors (Lipinski definition) is 2. The lowest BCUT2D eigenvalue weighted by Gasteiger charge is -2.04. The number of amides is 1. The summed E-state index contributed by atoms with van der Waals surface area (Å²) < 4.78 is 1.27. The van der Waals surface area contributed by atoms with Crippen LogP contribution in [0.3, 0.4) is 0 Å². The van der Waals surface area contributed by atoms with Crippen LogP contribution in [-0.4, -0.2) is 20.4 Å². The maximum Gasteiger partial charge on any atom is 0.328 e. The minimum absolute atomic E-state index is 0.130. The molecule has 0 fully saturated rings. The van der Waals surface area contributed by atoms with Crippen molar-refractivity contribution in [3.63, 3.8) is 0 Å². The van der Waals surface area contributed by atoms with Gasteiger partial charge in [0.05, 0.1) is 0 Å². The van der Waals surface area contributed by atoms with Crippen molar-refractivity contribution in [3.8, 4) is 0 Å².